The van der Waals surface area contributed by atoms with Gasteiger partial charge in [0.25, 0.3) is 0 Å². The van der Waals surface area contributed by atoms with E-state index in [2.05, 4.69) is 54.4 Å². The second-order valence-electron chi connectivity index (χ2n) is 5.13. The summed E-state index contributed by atoms with van der Waals surface area (Å²) in [6.07, 6.45) is 2.75. The fourth-order valence-corrected chi connectivity index (χ4v) is 2.52. The van der Waals surface area contributed by atoms with Gasteiger partial charge in [-0.1, -0.05) is 30.3 Å². The van der Waals surface area contributed by atoms with E-state index < -0.39 is 0 Å². The fourth-order valence-electron chi connectivity index (χ4n) is 2.52. The number of hydrogen-bond acceptors (Lipinski definition) is 2. The first kappa shape index (κ1) is 12.6. The third kappa shape index (κ3) is 3.55. The zero-order valence-electron chi connectivity index (χ0n) is 11.0. The summed E-state index contributed by atoms with van der Waals surface area (Å²) in [6.45, 7) is 8.21. The lowest BCUT2D eigenvalue weighted by atomic mass is 10.1. The minimum Gasteiger partial charge on any atom is -0.309 e. The van der Waals surface area contributed by atoms with E-state index >= 15 is 0 Å². The molecule has 2 heteroatoms. The molecule has 2 unspecified atom stereocenters. The zero-order chi connectivity index (χ0) is 12.1. The highest BCUT2D eigenvalue weighted by atomic mass is 15.2. The van der Waals surface area contributed by atoms with Crippen LogP contribution < -0.4 is 5.32 Å². The molecule has 94 valence electrons. The zero-order valence-corrected chi connectivity index (χ0v) is 11.0. The monoisotopic (exact) mass is 232 g/mol. The van der Waals surface area contributed by atoms with Gasteiger partial charge in [0, 0.05) is 18.6 Å². The Morgan fingerprint density at radius 1 is 1.12 bits per heavy atom. The first-order chi connectivity index (χ1) is 8.27. The summed E-state index contributed by atoms with van der Waals surface area (Å²) in [5.74, 6) is 0. The van der Waals surface area contributed by atoms with Crippen LogP contribution in [0.1, 0.15) is 38.3 Å². The topological polar surface area (TPSA) is 15.3 Å². The van der Waals surface area contributed by atoms with Crippen LogP contribution in [0.5, 0.6) is 0 Å². The molecule has 2 rings (SSSR count). The summed E-state index contributed by atoms with van der Waals surface area (Å²) < 4.78 is 0. The molecule has 1 fully saturated rings. The first-order valence-electron chi connectivity index (χ1n) is 6.80. The summed E-state index contributed by atoms with van der Waals surface area (Å²) in [4.78, 5) is 2.59. The molecule has 1 aliphatic rings. The Morgan fingerprint density at radius 2 is 1.76 bits per heavy atom. The molecule has 0 radical (unpaired) electrons. The molecule has 1 aromatic rings. The van der Waals surface area contributed by atoms with E-state index in [1.54, 1.807) is 0 Å². The van der Waals surface area contributed by atoms with Crippen LogP contribution in [0.4, 0.5) is 0 Å². The molecule has 1 saturated heterocycles. The van der Waals surface area contributed by atoms with E-state index in [1.165, 1.54) is 31.5 Å². The number of nitrogens with zero attached hydrogens (tertiary/aromatic N) is 1. The van der Waals surface area contributed by atoms with Crippen molar-refractivity contribution in [3.05, 3.63) is 35.9 Å². The van der Waals surface area contributed by atoms with E-state index in [-0.39, 0.29) is 0 Å². The molecule has 0 aromatic heterocycles. The molecule has 17 heavy (non-hydrogen) atoms. The van der Waals surface area contributed by atoms with Gasteiger partial charge in [0.2, 0.25) is 0 Å². The van der Waals surface area contributed by atoms with E-state index in [4.69, 9.17) is 0 Å². The van der Waals surface area contributed by atoms with Crippen molar-refractivity contribution in [3.8, 4) is 0 Å². The summed E-state index contributed by atoms with van der Waals surface area (Å²) in [6, 6.07) is 11.8. The molecule has 0 amide bonds. The predicted octanol–water partition coefficient (Wildman–Crippen LogP) is 2.82. The van der Waals surface area contributed by atoms with Crippen LogP contribution in [-0.4, -0.2) is 30.6 Å². The quantitative estimate of drug-likeness (QED) is 0.840. The number of rotatable bonds is 5. The lowest BCUT2D eigenvalue weighted by Gasteiger charge is -2.25. The van der Waals surface area contributed by atoms with Crippen LogP contribution in [0.25, 0.3) is 0 Å². The van der Waals surface area contributed by atoms with E-state index in [0.717, 1.165) is 6.54 Å². The van der Waals surface area contributed by atoms with Crippen LogP contribution in [0.15, 0.2) is 30.3 Å². The number of benzene rings is 1. The summed E-state index contributed by atoms with van der Waals surface area (Å²) >= 11 is 0. The van der Waals surface area contributed by atoms with E-state index in [9.17, 15) is 0 Å². The minimum absolute atomic E-state index is 0.446. The third-order valence-corrected chi connectivity index (χ3v) is 3.78. The first-order valence-corrected chi connectivity index (χ1v) is 6.80. The van der Waals surface area contributed by atoms with Gasteiger partial charge in [-0.05, 0) is 45.3 Å². The Balaban J connectivity index is 1.77. The lowest BCUT2D eigenvalue weighted by Crippen LogP contribution is -2.39. The van der Waals surface area contributed by atoms with Crippen molar-refractivity contribution in [2.75, 3.05) is 19.6 Å². The average Bonchev–Trinajstić information content (AvgIpc) is 2.90. The van der Waals surface area contributed by atoms with Crippen molar-refractivity contribution in [2.45, 2.75) is 38.8 Å². The smallest absolute Gasteiger partial charge is 0.0292 e. The molecular formula is C15H24N2. The van der Waals surface area contributed by atoms with Crippen molar-refractivity contribution >= 4 is 0 Å². The normalized spacial score (nSPS) is 20.4. The van der Waals surface area contributed by atoms with Crippen molar-refractivity contribution in [3.63, 3.8) is 0 Å². The van der Waals surface area contributed by atoms with E-state index in [0.29, 0.717) is 12.1 Å². The van der Waals surface area contributed by atoms with Gasteiger partial charge < -0.3 is 5.32 Å². The van der Waals surface area contributed by atoms with Gasteiger partial charge >= 0.3 is 0 Å². The maximum Gasteiger partial charge on any atom is 0.0292 e. The number of nitrogens with one attached hydrogen (secondary N) is 1. The maximum atomic E-state index is 3.63. The highest BCUT2D eigenvalue weighted by Gasteiger charge is 2.18. The second kappa shape index (κ2) is 6.18. The fraction of sp³-hybridized carbons (Fsp3) is 0.600. The minimum atomic E-state index is 0.446. The van der Waals surface area contributed by atoms with Crippen molar-refractivity contribution in [1.82, 2.24) is 10.2 Å². The Kier molecular flexibility index (Phi) is 4.57. The average molecular weight is 232 g/mol. The highest BCUT2D eigenvalue weighted by Crippen LogP contribution is 2.14. The molecular weight excluding hydrogens is 208 g/mol. The Labute approximate surface area is 105 Å². The van der Waals surface area contributed by atoms with Crippen molar-refractivity contribution in [2.24, 2.45) is 0 Å². The summed E-state index contributed by atoms with van der Waals surface area (Å²) in [5.41, 5.74) is 1.38. The standard InChI is InChI=1S/C15H24N2/c1-13(17-10-6-7-11-17)12-16-14(2)15-8-4-3-5-9-15/h3-5,8-9,13-14,16H,6-7,10-12H2,1-2H3. The molecule has 0 aliphatic carbocycles. The van der Waals surface area contributed by atoms with Gasteiger partial charge in [0.15, 0.2) is 0 Å². The summed E-state index contributed by atoms with van der Waals surface area (Å²) in [7, 11) is 0. The van der Waals surface area contributed by atoms with Crippen LogP contribution in [0, 0.1) is 0 Å². The highest BCUT2D eigenvalue weighted by molar-refractivity contribution is 5.18. The van der Waals surface area contributed by atoms with Gasteiger partial charge in [0.05, 0.1) is 0 Å². The van der Waals surface area contributed by atoms with Crippen molar-refractivity contribution < 1.29 is 0 Å². The van der Waals surface area contributed by atoms with E-state index in [1.807, 2.05) is 0 Å². The largest absolute Gasteiger partial charge is 0.309 e. The van der Waals surface area contributed by atoms with Crippen LogP contribution in [0.3, 0.4) is 0 Å². The molecule has 0 bridgehead atoms. The third-order valence-electron chi connectivity index (χ3n) is 3.78. The Bertz CT molecular complexity index is 317. The SMILES string of the molecule is CC(NCC(C)N1CCCC1)c1ccccc1. The van der Waals surface area contributed by atoms with Crippen LogP contribution in [-0.2, 0) is 0 Å². The molecule has 0 spiro atoms. The van der Waals surface area contributed by atoms with Gasteiger partial charge in [-0.15, -0.1) is 0 Å². The van der Waals surface area contributed by atoms with Gasteiger partial charge in [-0.3, -0.25) is 4.90 Å². The maximum absolute atomic E-state index is 3.63. The van der Waals surface area contributed by atoms with Crippen LogP contribution in [0.2, 0.25) is 0 Å². The lowest BCUT2D eigenvalue weighted by molar-refractivity contribution is 0.247. The predicted molar refractivity (Wildman–Crippen MR) is 73.1 cm³/mol. The molecule has 2 nitrogen and oxygen atoms in total. The molecule has 1 heterocycles. The van der Waals surface area contributed by atoms with Gasteiger partial charge in [0.1, 0.15) is 0 Å². The molecule has 0 saturated carbocycles. The second-order valence-corrected chi connectivity index (χ2v) is 5.13. The molecule has 1 aliphatic heterocycles. The Morgan fingerprint density at radius 3 is 2.41 bits per heavy atom. The Hall–Kier alpha value is -0.860. The van der Waals surface area contributed by atoms with Gasteiger partial charge in [-0.2, -0.15) is 0 Å². The molecule has 1 aromatic carbocycles. The van der Waals surface area contributed by atoms with Crippen LogP contribution >= 0.6 is 0 Å². The number of likely N-dealkylation sites (tertiary alicyclic amines) is 1. The number of hydrogen-bond donors (Lipinski definition) is 1. The molecule has 2 atom stereocenters. The summed E-state index contributed by atoms with van der Waals surface area (Å²) in [5, 5.41) is 3.63. The van der Waals surface area contributed by atoms with Gasteiger partial charge in [-0.25, -0.2) is 0 Å². The molecule has 1 N–H and O–H groups in total. The van der Waals surface area contributed by atoms with Crippen molar-refractivity contribution in [1.29, 1.82) is 0 Å².